The van der Waals surface area contributed by atoms with Gasteiger partial charge in [-0.05, 0) is 35.7 Å². The first-order valence-electron chi connectivity index (χ1n) is 8.36. The van der Waals surface area contributed by atoms with Crippen LogP contribution < -0.4 is 10.1 Å². The molecule has 130 valence electrons. The highest BCUT2D eigenvalue weighted by molar-refractivity contribution is 5.90. The standard InChI is InChI=1S/C20H22N2O3/c1-14-5-3-4-6-17(14)19-20(24)21-11-12-22(19)18(23)13-15-7-9-16(25-2)10-8-15/h3-10,19H,11-13H2,1-2H3,(H,21,24). The molecule has 0 spiro atoms. The molecular weight excluding hydrogens is 316 g/mol. The molecule has 1 N–H and O–H groups in total. The third kappa shape index (κ3) is 3.65. The molecule has 25 heavy (non-hydrogen) atoms. The zero-order valence-electron chi connectivity index (χ0n) is 14.5. The van der Waals surface area contributed by atoms with E-state index in [0.717, 1.165) is 22.4 Å². The van der Waals surface area contributed by atoms with Gasteiger partial charge >= 0.3 is 0 Å². The van der Waals surface area contributed by atoms with Crippen LogP contribution in [0, 0.1) is 6.92 Å². The monoisotopic (exact) mass is 338 g/mol. The van der Waals surface area contributed by atoms with Gasteiger partial charge in [-0.3, -0.25) is 9.59 Å². The summed E-state index contributed by atoms with van der Waals surface area (Å²) in [5, 5.41) is 2.87. The van der Waals surface area contributed by atoms with Crippen molar-refractivity contribution in [3.8, 4) is 5.75 Å². The SMILES string of the molecule is COc1ccc(CC(=O)N2CCNC(=O)C2c2ccccc2C)cc1. The van der Waals surface area contributed by atoms with Gasteiger partial charge < -0.3 is 15.0 Å². The molecule has 1 unspecified atom stereocenters. The van der Waals surface area contributed by atoms with Crippen LogP contribution in [0.4, 0.5) is 0 Å². The Bertz CT molecular complexity index is 771. The first kappa shape index (κ1) is 17.0. The number of methoxy groups -OCH3 is 1. The number of hydrogen-bond acceptors (Lipinski definition) is 3. The highest BCUT2D eigenvalue weighted by Crippen LogP contribution is 2.27. The zero-order valence-corrected chi connectivity index (χ0v) is 14.5. The third-order valence-electron chi connectivity index (χ3n) is 4.53. The van der Waals surface area contributed by atoms with E-state index in [0.29, 0.717) is 13.1 Å². The summed E-state index contributed by atoms with van der Waals surface area (Å²) < 4.78 is 5.14. The lowest BCUT2D eigenvalue weighted by atomic mass is 9.97. The van der Waals surface area contributed by atoms with Gasteiger partial charge in [0.1, 0.15) is 11.8 Å². The predicted octanol–water partition coefficient (Wildman–Crippen LogP) is 2.25. The summed E-state index contributed by atoms with van der Waals surface area (Å²) in [4.78, 5) is 27.0. The molecule has 5 heteroatoms. The molecule has 1 heterocycles. The van der Waals surface area contributed by atoms with E-state index in [2.05, 4.69) is 5.32 Å². The molecule has 1 saturated heterocycles. The molecule has 0 radical (unpaired) electrons. The zero-order chi connectivity index (χ0) is 17.8. The van der Waals surface area contributed by atoms with Crippen LogP contribution in [0.25, 0.3) is 0 Å². The Kier molecular flexibility index (Phi) is 5.03. The number of rotatable bonds is 4. The van der Waals surface area contributed by atoms with E-state index in [1.807, 2.05) is 55.5 Å². The van der Waals surface area contributed by atoms with E-state index in [9.17, 15) is 9.59 Å². The number of carbonyl (C=O) groups is 2. The molecule has 0 saturated carbocycles. The van der Waals surface area contributed by atoms with Crippen LogP contribution in [0.3, 0.4) is 0 Å². The molecule has 2 amide bonds. The summed E-state index contributed by atoms with van der Waals surface area (Å²) >= 11 is 0. The summed E-state index contributed by atoms with van der Waals surface area (Å²) in [5.41, 5.74) is 2.79. The van der Waals surface area contributed by atoms with Crippen LogP contribution in [0.5, 0.6) is 5.75 Å². The van der Waals surface area contributed by atoms with Crippen LogP contribution in [0.2, 0.25) is 0 Å². The van der Waals surface area contributed by atoms with E-state index in [1.165, 1.54) is 0 Å². The molecule has 5 nitrogen and oxygen atoms in total. The van der Waals surface area contributed by atoms with Gasteiger partial charge in [0.2, 0.25) is 11.8 Å². The molecule has 2 aromatic rings. The second-order valence-corrected chi connectivity index (χ2v) is 6.16. The lowest BCUT2D eigenvalue weighted by Gasteiger charge is -2.36. The van der Waals surface area contributed by atoms with Crippen molar-refractivity contribution in [3.63, 3.8) is 0 Å². The number of nitrogens with zero attached hydrogens (tertiary/aromatic N) is 1. The van der Waals surface area contributed by atoms with Crippen molar-refractivity contribution < 1.29 is 14.3 Å². The molecule has 2 aromatic carbocycles. The average Bonchev–Trinajstić information content (AvgIpc) is 2.63. The van der Waals surface area contributed by atoms with E-state index >= 15 is 0 Å². The lowest BCUT2D eigenvalue weighted by Crippen LogP contribution is -2.52. The number of piperazine rings is 1. The smallest absolute Gasteiger partial charge is 0.247 e. The summed E-state index contributed by atoms with van der Waals surface area (Å²) in [6.45, 7) is 2.96. The fraction of sp³-hybridized carbons (Fsp3) is 0.300. The molecule has 0 aliphatic carbocycles. The summed E-state index contributed by atoms with van der Waals surface area (Å²) in [6.07, 6.45) is 0.264. The molecule has 3 rings (SSSR count). The number of amides is 2. The number of carbonyl (C=O) groups excluding carboxylic acids is 2. The first-order chi connectivity index (χ1) is 12.1. The van der Waals surface area contributed by atoms with Crippen molar-refractivity contribution in [2.24, 2.45) is 0 Å². The van der Waals surface area contributed by atoms with Crippen molar-refractivity contribution >= 4 is 11.8 Å². The molecule has 0 aromatic heterocycles. The van der Waals surface area contributed by atoms with Crippen LogP contribution in [-0.2, 0) is 16.0 Å². The van der Waals surface area contributed by atoms with Gasteiger partial charge in [0, 0.05) is 13.1 Å². The minimum absolute atomic E-state index is 0.0479. The maximum absolute atomic E-state index is 12.9. The lowest BCUT2D eigenvalue weighted by molar-refractivity contribution is -0.143. The Balaban J connectivity index is 1.83. The van der Waals surface area contributed by atoms with Crippen LogP contribution in [0.15, 0.2) is 48.5 Å². The molecule has 1 fully saturated rings. The Hall–Kier alpha value is -2.82. The highest BCUT2D eigenvalue weighted by Gasteiger charge is 2.34. The number of nitrogens with one attached hydrogen (secondary N) is 1. The van der Waals surface area contributed by atoms with Crippen molar-refractivity contribution in [2.45, 2.75) is 19.4 Å². The van der Waals surface area contributed by atoms with Crippen molar-refractivity contribution in [1.29, 1.82) is 0 Å². The topological polar surface area (TPSA) is 58.6 Å². The van der Waals surface area contributed by atoms with E-state index < -0.39 is 6.04 Å². The highest BCUT2D eigenvalue weighted by atomic mass is 16.5. The minimum atomic E-state index is -0.569. The molecule has 1 atom stereocenters. The average molecular weight is 338 g/mol. The van der Waals surface area contributed by atoms with Gasteiger partial charge in [-0.25, -0.2) is 0 Å². The van der Waals surface area contributed by atoms with Gasteiger partial charge in [-0.1, -0.05) is 36.4 Å². The summed E-state index contributed by atoms with van der Waals surface area (Å²) in [7, 11) is 1.61. The second-order valence-electron chi connectivity index (χ2n) is 6.16. The Labute approximate surface area is 147 Å². The number of hydrogen-bond donors (Lipinski definition) is 1. The summed E-state index contributed by atoms with van der Waals surface area (Å²) in [5.74, 6) is 0.586. The van der Waals surface area contributed by atoms with E-state index in [1.54, 1.807) is 12.0 Å². The number of benzene rings is 2. The van der Waals surface area contributed by atoms with E-state index in [-0.39, 0.29) is 18.2 Å². The van der Waals surface area contributed by atoms with Crippen molar-refractivity contribution in [2.75, 3.05) is 20.2 Å². The third-order valence-corrected chi connectivity index (χ3v) is 4.53. The van der Waals surface area contributed by atoms with Gasteiger partial charge in [0.25, 0.3) is 0 Å². The maximum atomic E-state index is 12.9. The summed E-state index contributed by atoms with van der Waals surface area (Å²) in [6, 6.07) is 14.6. The van der Waals surface area contributed by atoms with Gasteiger partial charge in [0.15, 0.2) is 0 Å². The van der Waals surface area contributed by atoms with Gasteiger partial charge in [-0.15, -0.1) is 0 Å². The minimum Gasteiger partial charge on any atom is -0.497 e. The molecule has 0 bridgehead atoms. The second kappa shape index (κ2) is 7.38. The quantitative estimate of drug-likeness (QED) is 0.930. The van der Waals surface area contributed by atoms with Crippen LogP contribution >= 0.6 is 0 Å². The number of ether oxygens (including phenoxy) is 1. The van der Waals surface area contributed by atoms with Crippen molar-refractivity contribution in [3.05, 3.63) is 65.2 Å². The maximum Gasteiger partial charge on any atom is 0.247 e. The van der Waals surface area contributed by atoms with Crippen molar-refractivity contribution in [1.82, 2.24) is 10.2 Å². The predicted molar refractivity (Wildman–Crippen MR) is 95.3 cm³/mol. The van der Waals surface area contributed by atoms with Crippen LogP contribution in [0.1, 0.15) is 22.7 Å². The molecule has 1 aliphatic heterocycles. The van der Waals surface area contributed by atoms with Crippen LogP contribution in [-0.4, -0.2) is 36.9 Å². The fourth-order valence-corrected chi connectivity index (χ4v) is 3.16. The number of aryl methyl sites for hydroxylation is 1. The molecular formula is C20H22N2O3. The fourth-order valence-electron chi connectivity index (χ4n) is 3.16. The van der Waals surface area contributed by atoms with Gasteiger partial charge in [-0.2, -0.15) is 0 Å². The first-order valence-corrected chi connectivity index (χ1v) is 8.36. The largest absolute Gasteiger partial charge is 0.497 e. The normalized spacial score (nSPS) is 17.1. The Morgan fingerprint density at radius 1 is 1.20 bits per heavy atom. The Morgan fingerprint density at radius 3 is 2.60 bits per heavy atom. The molecule has 1 aliphatic rings. The van der Waals surface area contributed by atoms with Gasteiger partial charge in [0.05, 0.1) is 13.5 Å². The Morgan fingerprint density at radius 2 is 1.92 bits per heavy atom. The van der Waals surface area contributed by atoms with E-state index in [4.69, 9.17) is 4.74 Å².